The summed E-state index contributed by atoms with van der Waals surface area (Å²) in [5.74, 6) is -0.450. The van der Waals surface area contributed by atoms with Crippen LogP contribution in [0.2, 0.25) is 0 Å². The molecule has 0 bridgehead atoms. The molecule has 0 aliphatic rings. The molecule has 0 unspecified atom stereocenters. The summed E-state index contributed by atoms with van der Waals surface area (Å²) in [6.45, 7) is 0.0547. The molecule has 0 spiro atoms. The van der Waals surface area contributed by atoms with Crippen LogP contribution in [0.15, 0.2) is 18.2 Å². The van der Waals surface area contributed by atoms with Crippen LogP contribution in [0.3, 0.4) is 0 Å². The molecule has 1 aromatic carbocycles. The number of aliphatic hydroxyl groups is 1. The molecule has 0 saturated heterocycles. The molecule has 5 heteroatoms. The Morgan fingerprint density at radius 2 is 1.94 bits per heavy atom. The monoisotopic (exact) mass is 226 g/mol. The van der Waals surface area contributed by atoms with Gasteiger partial charge >= 0.3 is 5.97 Å². The van der Waals surface area contributed by atoms with E-state index >= 15 is 0 Å². The number of carbonyl (C=O) groups is 1. The van der Waals surface area contributed by atoms with Gasteiger partial charge in [0, 0.05) is 0 Å². The Balaban J connectivity index is 2.96. The maximum Gasteiger partial charge on any atom is 0.337 e. The number of ether oxygens (including phenoxy) is 1. The molecule has 0 atom stereocenters. The maximum absolute atomic E-state index is 11.3. The number of methoxy groups -OCH3 is 1. The van der Waals surface area contributed by atoms with Crippen LogP contribution >= 0.6 is 0 Å². The summed E-state index contributed by atoms with van der Waals surface area (Å²) < 4.78 is 4.60. The van der Waals surface area contributed by atoms with E-state index in [9.17, 15) is 4.79 Å². The van der Waals surface area contributed by atoms with Crippen molar-refractivity contribution in [2.24, 2.45) is 0 Å². The maximum atomic E-state index is 11.3. The fourth-order valence-electron chi connectivity index (χ4n) is 1.30. The number of hydrogen-bond acceptors (Lipinski definition) is 5. The van der Waals surface area contributed by atoms with Crippen molar-refractivity contribution in [3.8, 4) is 0 Å². The van der Waals surface area contributed by atoms with Gasteiger partial charge in [-0.25, -0.2) is 14.6 Å². The highest BCUT2D eigenvalue weighted by Gasteiger charge is 2.08. The van der Waals surface area contributed by atoms with Crippen LogP contribution in [0.4, 0.5) is 0 Å². The zero-order chi connectivity index (χ0) is 12.0. The summed E-state index contributed by atoms with van der Waals surface area (Å²) in [4.78, 5) is 20.6. The second-order valence-electron chi connectivity index (χ2n) is 3.12. The molecule has 1 rings (SSSR count). The highest BCUT2D eigenvalue weighted by atomic mass is 17.2. The van der Waals surface area contributed by atoms with E-state index in [-0.39, 0.29) is 13.2 Å². The zero-order valence-electron chi connectivity index (χ0n) is 9.23. The largest absolute Gasteiger partial charge is 0.465 e. The Morgan fingerprint density at radius 3 is 2.50 bits per heavy atom. The summed E-state index contributed by atoms with van der Waals surface area (Å²) in [5.41, 5.74) is 1.73. The number of benzene rings is 1. The van der Waals surface area contributed by atoms with E-state index in [0.29, 0.717) is 11.1 Å². The van der Waals surface area contributed by atoms with E-state index in [1.165, 1.54) is 14.2 Å². The smallest absolute Gasteiger partial charge is 0.337 e. The number of aliphatic hydroxyl groups excluding tert-OH is 1. The average Bonchev–Trinajstić information content (AvgIpc) is 2.34. The van der Waals surface area contributed by atoms with Gasteiger partial charge in [-0.2, -0.15) is 0 Å². The second-order valence-corrected chi connectivity index (χ2v) is 3.12. The summed E-state index contributed by atoms with van der Waals surface area (Å²) in [7, 11) is 2.70. The van der Waals surface area contributed by atoms with Crippen LogP contribution in [-0.4, -0.2) is 25.3 Å². The Labute approximate surface area is 93.5 Å². The lowest BCUT2D eigenvalue weighted by Gasteiger charge is -2.06. The van der Waals surface area contributed by atoms with Crippen molar-refractivity contribution in [2.45, 2.75) is 13.2 Å². The Bertz CT molecular complexity index is 361. The van der Waals surface area contributed by atoms with Gasteiger partial charge in [0.25, 0.3) is 0 Å². The molecule has 16 heavy (non-hydrogen) atoms. The highest BCUT2D eigenvalue weighted by Crippen LogP contribution is 2.13. The lowest BCUT2D eigenvalue weighted by atomic mass is 10.1. The standard InChI is InChI=1S/C11H14O5/c1-14-11(13)10-4-8(6-12)3-9(5-10)7-16-15-2/h3-5,12H,6-7H2,1-2H3. The van der Waals surface area contributed by atoms with Gasteiger partial charge in [-0.1, -0.05) is 6.07 Å². The second kappa shape index (κ2) is 6.22. The summed E-state index contributed by atoms with van der Waals surface area (Å²) in [6, 6.07) is 4.93. The number of hydrogen-bond donors (Lipinski definition) is 1. The highest BCUT2D eigenvalue weighted by molar-refractivity contribution is 5.89. The third-order valence-corrected chi connectivity index (χ3v) is 2.00. The van der Waals surface area contributed by atoms with Crippen LogP contribution in [-0.2, 0) is 27.7 Å². The Hall–Kier alpha value is -1.43. The molecule has 0 amide bonds. The summed E-state index contributed by atoms with van der Waals surface area (Å²) in [5, 5.41) is 9.04. The van der Waals surface area contributed by atoms with Crippen molar-refractivity contribution in [1.82, 2.24) is 0 Å². The van der Waals surface area contributed by atoms with Gasteiger partial charge in [0.15, 0.2) is 0 Å². The zero-order valence-corrected chi connectivity index (χ0v) is 9.23. The molecule has 5 nitrogen and oxygen atoms in total. The SMILES string of the molecule is COOCc1cc(CO)cc(C(=O)OC)c1. The van der Waals surface area contributed by atoms with Crippen LogP contribution in [0.1, 0.15) is 21.5 Å². The quantitative estimate of drug-likeness (QED) is 0.461. The van der Waals surface area contributed by atoms with E-state index in [0.717, 1.165) is 5.56 Å². The molecule has 1 N–H and O–H groups in total. The summed E-state index contributed by atoms with van der Waals surface area (Å²) in [6.07, 6.45) is 0. The van der Waals surface area contributed by atoms with Crippen molar-refractivity contribution >= 4 is 5.97 Å². The van der Waals surface area contributed by atoms with Crippen LogP contribution in [0.25, 0.3) is 0 Å². The lowest BCUT2D eigenvalue weighted by molar-refractivity contribution is -0.282. The van der Waals surface area contributed by atoms with Crippen LogP contribution in [0.5, 0.6) is 0 Å². The minimum absolute atomic E-state index is 0.148. The first kappa shape index (κ1) is 12.6. The van der Waals surface area contributed by atoms with E-state index in [2.05, 4.69) is 9.62 Å². The molecule has 0 saturated carbocycles. The Kier molecular flexibility index (Phi) is 4.91. The number of rotatable bonds is 5. The third-order valence-electron chi connectivity index (χ3n) is 2.00. The molecule has 0 radical (unpaired) electrons. The molecule has 1 aromatic rings. The first-order chi connectivity index (χ1) is 7.71. The molecule has 0 aromatic heterocycles. The number of carbonyl (C=O) groups excluding carboxylic acids is 1. The normalized spacial score (nSPS) is 10.2. The molecule has 0 heterocycles. The van der Waals surface area contributed by atoms with Gasteiger partial charge in [-0.15, -0.1) is 0 Å². The molecule has 0 fully saturated rings. The Morgan fingerprint density at radius 1 is 1.25 bits per heavy atom. The molecular formula is C11H14O5. The predicted octanol–water partition coefficient (Wildman–Crippen LogP) is 1.04. The fraction of sp³-hybridized carbons (Fsp3) is 0.364. The molecule has 0 aliphatic heterocycles. The van der Waals surface area contributed by atoms with Gasteiger partial charge in [0.05, 0.1) is 26.4 Å². The van der Waals surface area contributed by atoms with Crippen molar-refractivity contribution in [3.05, 3.63) is 34.9 Å². The van der Waals surface area contributed by atoms with Gasteiger partial charge in [0.2, 0.25) is 0 Å². The molecule has 88 valence electrons. The van der Waals surface area contributed by atoms with Gasteiger partial charge in [0.1, 0.15) is 6.61 Å². The van der Waals surface area contributed by atoms with Gasteiger partial charge < -0.3 is 9.84 Å². The predicted molar refractivity (Wildman–Crippen MR) is 55.5 cm³/mol. The van der Waals surface area contributed by atoms with Crippen LogP contribution in [0, 0.1) is 0 Å². The topological polar surface area (TPSA) is 65.0 Å². The van der Waals surface area contributed by atoms with Crippen molar-refractivity contribution < 1.29 is 24.4 Å². The van der Waals surface area contributed by atoms with Crippen molar-refractivity contribution in [2.75, 3.05) is 14.2 Å². The summed E-state index contributed by atoms with van der Waals surface area (Å²) >= 11 is 0. The van der Waals surface area contributed by atoms with E-state index < -0.39 is 5.97 Å². The minimum atomic E-state index is -0.450. The van der Waals surface area contributed by atoms with E-state index in [4.69, 9.17) is 9.99 Å². The van der Waals surface area contributed by atoms with Gasteiger partial charge in [-0.05, 0) is 23.3 Å². The van der Waals surface area contributed by atoms with E-state index in [1.807, 2.05) is 0 Å². The van der Waals surface area contributed by atoms with Crippen molar-refractivity contribution in [3.63, 3.8) is 0 Å². The average molecular weight is 226 g/mol. The number of esters is 1. The third kappa shape index (κ3) is 3.30. The molecular weight excluding hydrogens is 212 g/mol. The molecule has 0 aliphatic carbocycles. The van der Waals surface area contributed by atoms with Gasteiger partial charge in [-0.3, -0.25) is 0 Å². The lowest BCUT2D eigenvalue weighted by Crippen LogP contribution is -2.04. The van der Waals surface area contributed by atoms with E-state index in [1.54, 1.807) is 18.2 Å². The first-order valence-corrected chi connectivity index (χ1v) is 4.69. The van der Waals surface area contributed by atoms with Crippen molar-refractivity contribution in [1.29, 1.82) is 0 Å². The first-order valence-electron chi connectivity index (χ1n) is 4.69. The van der Waals surface area contributed by atoms with Crippen LogP contribution < -0.4 is 0 Å². The minimum Gasteiger partial charge on any atom is -0.465 e. The fourth-order valence-corrected chi connectivity index (χ4v) is 1.30.